The summed E-state index contributed by atoms with van der Waals surface area (Å²) in [7, 11) is 0. The molecule has 22 heavy (non-hydrogen) atoms. The largest absolute Gasteiger partial charge is 0.342 e. The number of carbonyl (C=O) groups is 1. The zero-order valence-electron chi connectivity index (χ0n) is 13.1. The van der Waals surface area contributed by atoms with Crippen LogP contribution in [0, 0.1) is 0 Å². The van der Waals surface area contributed by atoms with E-state index in [-0.39, 0.29) is 11.8 Å². The zero-order valence-corrected chi connectivity index (χ0v) is 13.1. The molecule has 1 saturated heterocycles. The van der Waals surface area contributed by atoms with Crippen LogP contribution in [0.3, 0.4) is 0 Å². The van der Waals surface area contributed by atoms with Crippen molar-refractivity contribution in [1.29, 1.82) is 0 Å². The van der Waals surface area contributed by atoms with E-state index in [2.05, 4.69) is 16.9 Å². The molecule has 1 fully saturated rings. The average molecular weight is 299 g/mol. The van der Waals surface area contributed by atoms with Gasteiger partial charge in [0.25, 0.3) is 0 Å². The summed E-state index contributed by atoms with van der Waals surface area (Å²) < 4.78 is 1.97. The van der Waals surface area contributed by atoms with Gasteiger partial charge in [0.05, 0.1) is 11.9 Å². The van der Waals surface area contributed by atoms with Gasteiger partial charge in [0, 0.05) is 50.9 Å². The van der Waals surface area contributed by atoms with Crippen LogP contribution in [0.2, 0.25) is 0 Å². The molecule has 0 unspecified atom stereocenters. The van der Waals surface area contributed by atoms with Crippen LogP contribution in [0.1, 0.15) is 44.1 Å². The van der Waals surface area contributed by atoms with Gasteiger partial charge in [-0.05, 0) is 12.8 Å². The summed E-state index contributed by atoms with van der Waals surface area (Å²) >= 11 is 0. The minimum absolute atomic E-state index is 0.136. The van der Waals surface area contributed by atoms with Gasteiger partial charge in [-0.2, -0.15) is 0 Å². The van der Waals surface area contributed by atoms with Crippen molar-refractivity contribution in [2.24, 2.45) is 0 Å². The van der Waals surface area contributed by atoms with E-state index < -0.39 is 0 Å². The molecule has 1 aliphatic heterocycles. The highest BCUT2D eigenvalue weighted by Crippen LogP contribution is 2.25. The van der Waals surface area contributed by atoms with Gasteiger partial charge in [0.2, 0.25) is 5.91 Å². The van der Waals surface area contributed by atoms with Crippen LogP contribution >= 0.6 is 0 Å². The summed E-state index contributed by atoms with van der Waals surface area (Å²) in [5, 5.41) is 0. The molecule has 1 aliphatic rings. The first kappa shape index (κ1) is 14.7. The van der Waals surface area contributed by atoms with Crippen molar-refractivity contribution in [2.75, 3.05) is 13.1 Å². The summed E-state index contributed by atoms with van der Waals surface area (Å²) in [6.45, 7) is 5.28. The fourth-order valence-corrected chi connectivity index (χ4v) is 2.99. The molecule has 0 bridgehead atoms. The summed E-state index contributed by atoms with van der Waals surface area (Å²) in [4.78, 5) is 26.9. The fourth-order valence-electron chi connectivity index (χ4n) is 2.99. The Hall–Kier alpha value is -2.24. The van der Waals surface area contributed by atoms with E-state index in [0.29, 0.717) is 0 Å². The Balaban J connectivity index is 1.86. The zero-order chi connectivity index (χ0) is 15.5. The molecule has 2 aromatic rings. The molecule has 1 amide bonds. The summed E-state index contributed by atoms with van der Waals surface area (Å²) in [6, 6.07) is 0. The quantitative estimate of drug-likeness (QED) is 0.869. The lowest BCUT2D eigenvalue weighted by atomic mass is 9.95. The number of hydrogen-bond donors (Lipinski definition) is 0. The number of aryl methyl sites for hydroxylation is 1. The van der Waals surface area contributed by atoms with Crippen molar-refractivity contribution >= 4 is 5.91 Å². The number of nitrogens with zero attached hydrogens (tertiary/aromatic N) is 5. The molecule has 0 spiro atoms. The van der Waals surface area contributed by atoms with E-state index in [9.17, 15) is 4.79 Å². The lowest BCUT2D eigenvalue weighted by molar-refractivity contribution is -0.130. The third-order valence-electron chi connectivity index (χ3n) is 4.21. The van der Waals surface area contributed by atoms with Gasteiger partial charge in [-0.15, -0.1) is 0 Å². The normalized spacial score (nSPS) is 18.5. The monoisotopic (exact) mass is 299 g/mol. The van der Waals surface area contributed by atoms with Gasteiger partial charge in [-0.25, -0.2) is 9.97 Å². The topological polar surface area (TPSA) is 63.9 Å². The van der Waals surface area contributed by atoms with Gasteiger partial charge in [-0.3, -0.25) is 14.3 Å². The molecule has 0 N–H and O–H groups in total. The highest BCUT2D eigenvalue weighted by Gasteiger charge is 2.24. The summed E-state index contributed by atoms with van der Waals surface area (Å²) in [5.74, 6) is 2.17. The molecule has 0 radical (unpaired) electrons. The molecule has 3 heterocycles. The third kappa shape index (κ3) is 2.86. The van der Waals surface area contributed by atoms with Crippen LogP contribution in [0.15, 0.2) is 24.8 Å². The molecule has 3 rings (SSSR count). The maximum atomic E-state index is 11.6. The third-order valence-corrected chi connectivity index (χ3v) is 4.21. The van der Waals surface area contributed by atoms with E-state index in [1.807, 2.05) is 21.9 Å². The first-order chi connectivity index (χ1) is 10.7. The lowest BCUT2D eigenvalue weighted by Gasteiger charge is -2.31. The molecular weight excluding hydrogens is 278 g/mol. The van der Waals surface area contributed by atoms with Gasteiger partial charge in [0.15, 0.2) is 5.82 Å². The lowest BCUT2D eigenvalue weighted by Crippen LogP contribution is -2.37. The molecule has 1 atom stereocenters. The van der Waals surface area contributed by atoms with Crippen molar-refractivity contribution in [1.82, 2.24) is 24.4 Å². The number of likely N-dealkylation sites (tertiary alicyclic amines) is 1. The molecule has 0 saturated carbocycles. The average Bonchev–Trinajstić information content (AvgIpc) is 3.04. The van der Waals surface area contributed by atoms with Crippen molar-refractivity contribution in [3.63, 3.8) is 0 Å². The molecule has 2 aromatic heterocycles. The Morgan fingerprint density at radius 2 is 2.27 bits per heavy atom. The van der Waals surface area contributed by atoms with Gasteiger partial charge in [-0.1, -0.05) is 6.92 Å². The van der Waals surface area contributed by atoms with E-state index in [4.69, 9.17) is 4.98 Å². The molecule has 0 aromatic carbocycles. The van der Waals surface area contributed by atoms with Crippen LogP contribution in [-0.4, -0.2) is 43.4 Å². The van der Waals surface area contributed by atoms with E-state index in [1.165, 1.54) is 0 Å². The Morgan fingerprint density at radius 3 is 3.05 bits per heavy atom. The van der Waals surface area contributed by atoms with Crippen molar-refractivity contribution in [3.8, 4) is 5.82 Å². The molecule has 6 heteroatoms. The van der Waals surface area contributed by atoms with E-state index in [1.54, 1.807) is 19.3 Å². The van der Waals surface area contributed by atoms with Crippen LogP contribution in [0.4, 0.5) is 0 Å². The molecule has 6 nitrogen and oxygen atoms in total. The van der Waals surface area contributed by atoms with Crippen LogP contribution < -0.4 is 0 Å². The smallest absolute Gasteiger partial charge is 0.219 e. The van der Waals surface area contributed by atoms with Crippen LogP contribution in [-0.2, 0) is 11.2 Å². The minimum Gasteiger partial charge on any atom is -0.342 e. The number of amides is 1. The maximum absolute atomic E-state index is 11.6. The second kappa shape index (κ2) is 6.25. The Bertz CT molecular complexity index is 666. The number of aromatic nitrogens is 4. The van der Waals surface area contributed by atoms with Crippen LogP contribution in [0.5, 0.6) is 0 Å². The number of piperidine rings is 1. The predicted octanol–water partition coefficient (Wildman–Crippen LogP) is 1.95. The number of imidazole rings is 1. The predicted molar refractivity (Wildman–Crippen MR) is 82.8 cm³/mol. The molecule has 116 valence electrons. The molecule has 0 aliphatic carbocycles. The van der Waals surface area contributed by atoms with E-state index in [0.717, 1.165) is 49.7 Å². The standard InChI is InChI=1S/C16H21N5O/c1-3-15-18-6-8-21(15)16-10-17-9-14(19-16)13-5-4-7-20(11-13)12(2)22/h6,8-10,13H,3-5,7,11H2,1-2H3/t13-/m1/s1. The Labute approximate surface area is 130 Å². The highest BCUT2D eigenvalue weighted by molar-refractivity contribution is 5.73. The highest BCUT2D eigenvalue weighted by atomic mass is 16.2. The fraction of sp³-hybridized carbons (Fsp3) is 0.500. The van der Waals surface area contributed by atoms with Crippen LogP contribution in [0.25, 0.3) is 5.82 Å². The van der Waals surface area contributed by atoms with Gasteiger partial charge < -0.3 is 4.90 Å². The van der Waals surface area contributed by atoms with Gasteiger partial charge >= 0.3 is 0 Å². The summed E-state index contributed by atoms with van der Waals surface area (Å²) in [6.07, 6.45) is 10.2. The van der Waals surface area contributed by atoms with Crippen molar-refractivity contribution < 1.29 is 4.79 Å². The second-order valence-corrected chi connectivity index (χ2v) is 5.67. The number of rotatable bonds is 3. The molecular formula is C16H21N5O. The SMILES string of the molecule is CCc1nccn1-c1cncc([C@@H]2CCCN(C(C)=O)C2)n1. The first-order valence-electron chi connectivity index (χ1n) is 7.79. The number of carbonyl (C=O) groups excluding carboxylic acids is 1. The first-order valence-corrected chi connectivity index (χ1v) is 7.79. The number of hydrogen-bond acceptors (Lipinski definition) is 4. The van der Waals surface area contributed by atoms with Gasteiger partial charge in [0.1, 0.15) is 5.82 Å². The Morgan fingerprint density at radius 1 is 1.41 bits per heavy atom. The Kier molecular flexibility index (Phi) is 4.18. The minimum atomic E-state index is 0.136. The second-order valence-electron chi connectivity index (χ2n) is 5.67. The van der Waals surface area contributed by atoms with Crippen molar-refractivity contribution in [3.05, 3.63) is 36.3 Å². The van der Waals surface area contributed by atoms with E-state index >= 15 is 0 Å². The summed E-state index contributed by atoms with van der Waals surface area (Å²) in [5.41, 5.74) is 0.958. The van der Waals surface area contributed by atoms with Crippen molar-refractivity contribution in [2.45, 2.75) is 39.0 Å². The maximum Gasteiger partial charge on any atom is 0.219 e.